The van der Waals surface area contributed by atoms with Gasteiger partial charge in [0.2, 0.25) is 0 Å². The zero-order valence-corrected chi connectivity index (χ0v) is 17.8. The van der Waals surface area contributed by atoms with Gasteiger partial charge >= 0.3 is 0 Å². The number of hydrogen-bond acceptors (Lipinski definition) is 3. The minimum atomic E-state index is 0.0218. The fourth-order valence-corrected chi connectivity index (χ4v) is 2.98. The van der Waals surface area contributed by atoms with Crippen LogP contribution in [0.5, 0.6) is 11.5 Å². The van der Waals surface area contributed by atoms with Gasteiger partial charge in [0.05, 0.1) is 0 Å². The minimum Gasteiger partial charge on any atom is -0.490 e. The maximum Gasteiger partial charge on any atom is 0.123 e. The Balaban J connectivity index is 2.02. The Morgan fingerprint density at radius 3 is 2.15 bits per heavy atom. The Labute approximate surface area is 164 Å². The van der Waals surface area contributed by atoms with E-state index in [2.05, 4.69) is 65.8 Å². The van der Waals surface area contributed by atoms with Gasteiger partial charge in [0.1, 0.15) is 24.7 Å². The first-order valence-electron chi connectivity index (χ1n) is 9.81. The molecule has 0 atom stereocenters. The zero-order chi connectivity index (χ0) is 20.1. The van der Waals surface area contributed by atoms with Crippen molar-refractivity contribution >= 4 is 0 Å². The summed E-state index contributed by atoms with van der Waals surface area (Å²) in [7, 11) is 0. The Morgan fingerprint density at radius 2 is 1.52 bits per heavy atom. The summed E-state index contributed by atoms with van der Waals surface area (Å²) < 4.78 is 11.9. The Bertz CT molecular complexity index is 739. The first-order chi connectivity index (χ1) is 12.6. The van der Waals surface area contributed by atoms with Crippen molar-refractivity contribution in [1.29, 1.82) is 0 Å². The monoisotopic (exact) mass is 369 g/mol. The van der Waals surface area contributed by atoms with Gasteiger partial charge in [-0.2, -0.15) is 0 Å². The molecular formula is C24H35NO2. The van der Waals surface area contributed by atoms with Crippen LogP contribution in [0.2, 0.25) is 0 Å². The van der Waals surface area contributed by atoms with Crippen LogP contribution in [0.3, 0.4) is 0 Å². The van der Waals surface area contributed by atoms with Crippen molar-refractivity contribution in [3.63, 3.8) is 0 Å². The predicted molar refractivity (Wildman–Crippen MR) is 114 cm³/mol. The van der Waals surface area contributed by atoms with Crippen LogP contribution in [-0.4, -0.2) is 19.8 Å². The van der Waals surface area contributed by atoms with Crippen LogP contribution in [0.4, 0.5) is 0 Å². The topological polar surface area (TPSA) is 44.5 Å². The molecule has 0 unspecified atom stereocenters. The molecule has 3 nitrogen and oxygen atoms in total. The summed E-state index contributed by atoms with van der Waals surface area (Å²) in [4.78, 5) is 0. The van der Waals surface area contributed by atoms with E-state index in [9.17, 15) is 0 Å². The van der Waals surface area contributed by atoms with Gasteiger partial charge in [0.25, 0.3) is 0 Å². The SMILES string of the molecule is CC(C)(C)c1ccc(OCCOc2cccc(CCN)c2)c(C(C)(C)C)c1. The van der Waals surface area contributed by atoms with E-state index in [0.29, 0.717) is 19.8 Å². The van der Waals surface area contributed by atoms with Crippen molar-refractivity contribution in [3.8, 4) is 11.5 Å². The molecule has 0 radical (unpaired) electrons. The molecule has 0 saturated heterocycles. The molecule has 2 aromatic carbocycles. The van der Waals surface area contributed by atoms with Gasteiger partial charge in [-0.1, -0.05) is 65.8 Å². The van der Waals surface area contributed by atoms with Crippen molar-refractivity contribution in [3.05, 3.63) is 59.2 Å². The Kier molecular flexibility index (Phi) is 6.94. The van der Waals surface area contributed by atoms with E-state index in [4.69, 9.17) is 15.2 Å². The third-order valence-corrected chi connectivity index (χ3v) is 4.59. The van der Waals surface area contributed by atoms with E-state index >= 15 is 0 Å². The van der Waals surface area contributed by atoms with Crippen LogP contribution < -0.4 is 15.2 Å². The number of benzene rings is 2. The number of nitrogens with two attached hydrogens (primary N) is 1. The maximum absolute atomic E-state index is 6.09. The van der Waals surface area contributed by atoms with Crippen molar-refractivity contribution in [2.45, 2.75) is 58.8 Å². The van der Waals surface area contributed by atoms with E-state index < -0.39 is 0 Å². The molecule has 148 valence electrons. The largest absolute Gasteiger partial charge is 0.490 e. The second-order valence-electron chi connectivity index (χ2n) is 9.09. The lowest BCUT2D eigenvalue weighted by Gasteiger charge is -2.27. The van der Waals surface area contributed by atoms with Crippen molar-refractivity contribution in [1.82, 2.24) is 0 Å². The molecule has 2 N–H and O–H groups in total. The van der Waals surface area contributed by atoms with Crippen LogP contribution >= 0.6 is 0 Å². The molecule has 2 rings (SSSR count). The fourth-order valence-electron chi connectivity index (χ4n) is 2.98. The van der Waals surface area contributed by atoms with Crippen molar-refractivity contribution in [2.24, 2.45) is 5.73 Å². The second kappa shape index (κ2) is 8.79. The second-order valence-corrected chi connectivity index (χ2v) is 9.09. The standard InChI is InChI=1S/C24H35NO2/c1-23(2,3)19-10-11-22(21(17-19)24(4,5)6)27-15-14-26-20-9-7-8-18(16-20)12-13-25/h7-11,16-17H,12-15,25H2,1-6H3. The van der Waals surface area contributed by atoms with Crippen LogP contribution in [-0.2, 0) is 17.3 Å². The van der Waals surface area contributed by atoms with Crippen LogP contribution in [0.15, 0.2) is 42.5 Å². The van der Waals surface area contributed by atoms with Gasteiger partial charge in [-0.25, -0.2) is 0 Å². The summed E-state index contributed by atoms with van der Waals surface area (Å²) in [6, 6.07) is 14.6. The molecule has 0 heterocycles. The van der Waals surface area contributed by atoms with E-state index in [1.54, 1.807) is 0 Å². The molecule has 0 aromatic heterocycles. The quantitative estimate of drug-likeness (QED) is 0.679. The van der Waals surface area contributed by atoms with Gasteiger partial charge in [-0.3, -0.25) is 0 Å². The average Bonchev–Trinajstić information content (AvgIpc) is 2.58. The first-order valence-corrected chi connectivity index (χ1v) is 9.81. The summed E-state index contributed by atoms with van der Waals surface area (Å²) in [5.74, 6) is 1.81. The lowest BCUT2D eigenvalue weighted by atomic mass is 9.80. The summed E-state index contributed by atoms with van der Waals surface area (Å²) in [5, 5.41) is 0. The number of hydrogen-bond donors (Lipinski definition) is 1. The fraction of sp³-hybridized carbons (Fsp3) is 0.500. The zero-order valence-electron chi connectivity index (χ0n) is 17.8. The van der Waals surface area contributed by atoms with Gasteiger partial charge in [-0.05, 0) is 58.7 Å². The molecule has 2 aromatic rings. The smallest absolute Gasteiger partial charge is 0.123 e. The summed E-state index contributed by atoms with van der Waals surface area (Å²) in [6.07, 6.45) is 0.864. The maximum atomic E-state index is 6.09. The summed E-state index contributed by atoms with van der Waals surface area (Å²) >= 11 is 0. The van der Waals surface area contributed by atoms with Crippen LogP contribution in [0.1, 0.15) is 58.2 Å². The highest BCUT2D eigenvalue weighted by Crippen LogP contribution is 2.35. The van der Waals surface area contributed by atoms with Gasteiger partial charge in [0, 0.05) is 0 Å². The molecule has 0 fully saturated rings. The highest BCUT2D eigenvalue weighted by molar-refractivity contribution is 5.43. The molecule has 0 bridgehead atoms. The molecule has 0 spiro atoms. The molecule has 27 heavy (non-hydrogen) atoms. The molecule has 0 saturated carbocycles. The van der Waals surface area contributed by atoms with E-state index in [1.807, 2.05) is 18.2 Å². The van der Waals surface area contributed by atoms with E-state index in [0.717, 1.165) is 17.9 Å². The number of ether oxygens (including phenoxy) is 2. The third kappa shape index (κ3) is 6.28. The van der Waals surface area contributed by atoms with Crippen molar-refractivity contribution < 1.29 is 9.47 Å². The molecule has 0 aliphatic rings. The predicted octanol–water partition coefficient (Wildman–Crippen LogP) is 5.24. The highest BCUT2D eigenvalue weighted by Gasteiger charge is 2.23. The van der Waals surface area contributed by atoms with Gasteiger partial charge in [0.15, 0.2) is 0 Å². The molecule has 0 aliphatic heterocycles. The first kappa shape index (κ1) is 21.3. The third-order valence-electron chi connectivity index (χ3n) is 4.59. The van der Waals surface area contributed by atoms with E-state index in [1.165, 1.54) is 16.7 Å². The number of rotatable bonds is 7. The molecular weight excluding hydrogens is 334 g/mol. The lowest BCUT2D eigenvalue weighted by Crippen LogP contribution is -2.19. The average molecular weight is 370 g/mol. The van der Waals surface area contributed by atoms with Crippen molar-refractivity contribution in [2.75, 3.05) is 19.8 Å². The molecule has 0 amide bonds. The van der Waals surface area contributed by atoms with Crippen LogP contribution in [0, 0.1) is 0 Å². The normalized spacial score (nSPS) is 12.1. The highest BCUT2D eigenvalue weighted by atomic mass is 16.5. The molecule has 3 heteroatoms. The van der Waals surface area contributed by atoms with Crippen LogP contribution in [0.25, 0.3) is 0 Å². The van der Waals surface area contributed by atoms with Gasteiger partial charge < -0.3 is 15.2 Å². The Hall–Kier alpha value is -2.00. The van der Waals surface area contributed by atoms with E-state index in [-0.39, 0.29) is 10.8 Å². The Morgan fingerprint density at radius 1 is 0.815 bits per heavy atom. The summed E-state index contributed by atoms with van der Waals surface area (Å²) in [6.45, 7) is 15.1. The van der Waals surface area contributed by atoms with Gasteiger partial charge in [-0.15, -0.1) is 0 Å². The minimum absolute atomic E-state index is 0.0218. The summed E-state index contributed by atoms with van der Waals surface area (Å²) in [5.41, 5.74) is 9.53. The molecule has 0 aliphatic carbocycles. The lowest BCUT2D eigenvalue weighted by molar-refractivity contribution is 0.214.